The van der Waals surface area contributed by atoms with Gasteiger partial charge < -0.3 is 9.88 Å². The lowest BCUT2D eigenvalue weighted by Gasteiger charge is -2.11. The minimum absolute atomic E-state index is 0.154. The number of thioether (sulfide) groups is 1. The summed E-state index contributed by atoms with van der Waals surface area (Å²) in [4.78, 5) is 16.1. The molecule has 4 nitrogen and oxygen atoms in total. The molecule has 2 aromatic rings. The number of halogens is 4. The number of benzene rings is 1. The number of aryl methyl sites for hydroxylation is 1. The number of nitrogens with one attached hydrogen (secondary N) is 1. The zero-order valence-electron chi connectivity index (χ0n) is 10.7. The molecular weight excluding hydrogens is 376 g/mol. The van der Waals surface area contributed by atoms with Crippen LogP contribution in [-0.4, -0.2) is 21.2 Å². The van der Waals surface area contributed by atoms with Gasteiger partial charge in [0.15, 0.2) is 5.16 Å². The number of rotatable bonds is 4. The van der Waals surface area contributed by atoms with E-state index in [1.807, 2.05) is 11.6 Å². The first-order valence-electron chi connectivity index (χ1n) is 5.63. The highest BCUT2D eigenvalue weighted by molar-refractivity contribution is 7.99. The molecule has 1 heterocycles. The Kier molecular flexibility index (Phi) is 5.68. The van der Waals surface area contributed by atoms with Crippen LogP contribution in [0.15, 0.2) is 23.6 Å². The number of hydrogen-bond donors (Lipinski definition) is 1. The first kappa shape index (κ1) is 16.8. The van der Waals surface area contributed by atoms with E-state index in [2.05, 4.69) is 10.3 Å². The molecule has 0 aliphatic carbocycles. The van der Waals surface area contributed by atoms with Crippen molar-refractivity contribution in [2.45, 2.75) is 5.16 Å². The third-order valence-electron chi connectivity index (χ3n) is 2.49. The van der Waals surface area contributed by atoms with Crippen molar-refractivity contribution in [3.8, 4) is 0 Å². The molecule has 1 amide bonds. The highest BCUT2D eigenvalue weighted by Gasteiger charge is 2.16. The van der Waals surface area contributed by atoms with Gasteiger partial charge >= 0.3 is 0 Å². The summed E-state index contributed by atoms with van der Waals surface area (Å²) in [7, 11) is 1.84. The van der Waals surface area contributed by atoms with Crippen molar-refractivity contribution in [3.63, 3.8) is 0 Å². The van der Waals surface area contributed by atoms with Gasteiger partial charge in [-0.15, -0.1) is 0 Å². The summed E-state index contributed by atoms with van der Waals surface area (Å²) in [6.07, 6.45) is 3.45. The van der Waals surface area contributed by atoms with Crippen molar-refractivity contribution in [3.05, 3.63) is 38.6 Å². The second kappa shape index (κ2) is 7.11. The third kappa shape index (κ3) is 3.99. The maximum absolute atomic E-state index is 12.0. The average Bonchev–Trinajstić information content (AvgIpc) is 2.84. The van der Waals surface area contributed by atoms with Crippen LogP contribution in [-0.2, 0) is 11.8 Å². The number of carbonyl (C=O) groups excluding carboxylic acids is 1. The van der Waals surface area contributed by atoms with Crippen LogP contribution in [0.1, 0.15) is 0 Å². The Bertz CT molecular complexity index is 663. The molecule has 21 heavy (non-hydrogen) atoms. The Morgan fingerprint density at radius 3 is 2.43 bits per heavy atom. The van der Waals surface area contributed by atoms with Crippen LogP contribution in [0.4, 0.5) is 5.69 Å². The molecule has 0 aliphatic heterocycles. The molecule has 9 heteroatoms. The molecule has 0 unspecified atom stereocenters. The van der Waals surface area contributed by atoms with Gasteiger partial charge in [0.2, 0.25) is 5.91 Å². The summed E-state index contributed by atoms with van der Waals surface area (Å²) in [5, 5.41) is 4.09. The number of imidazole rings is 1. The number of carbonyl (C=O) groups is 1. The van der Waals surface area contributed by atoms with Gasteiger partial charge in [0.25, 0.3) is 0 Å². The number of hydrogen-bond acceptors (Lipinski definition) is 3. The molecule has 0 spiro atoms. The van der Waals surface area contributed by atoms with E-state index in [9.17, 15) is 4.79 Å². The molecule has 0 fully saturated rings. The Morgan fingerprint density at radius 1 is 1.29 bits per heavy atom. The molecule has 0 atom stereocenters. The monoisotopic (exact) mass is 383 g/mol. The van der Waals surface area contributed by atoms with E-state index in [1.165, 1.54) is 17.8 Å². The lowest BCUT2D eigenvalue weighted by molar-refractivity contribution is -0.113. The predicted octanol–water partition coefficient (Wildman–Crippen LogP) is 4.76. The number of amides is 1. The second-order valence-corrected chi connectivity index (χ2v) is 6.51. The van der Waals surface area contributed by atoms with Gasteiger partial charge in [-0.25, -0.2) is 4.98 Å². The van der Waals surface area contributed by atoms with Crippen molar-refractivity contribution in [2.24, 2.45) is 7.05 Å². The van der Waals surface area contributed by atoms with E-state index >= 15 is 0 Å². The lowest BCUT2D eigenvalue weighted by atomic mass is 10.3. The standard InChI is InChI=1S/C12H9Cl4N3OS/c1-19-3-2-17-12(19)21-5-8(20)18-11-9(15)6(13)4-7(14)10(11)16/h2-4H,5H2,1H3,(H,18,20). The van der Waals surface area contributed by atoms with Crippen LogP contribution in [0.25, 0.3) is 0 Å². The van der Waals surface area contributed by atoms with Crippen LogP contribution >= 0.6 is 58.2 Å². The van der Waals surface area contributed by atoms with Crippen molar-refractivity contribution in [2.75, 3.05) is 11.1 Å². The maximum Gasteiger partial charge on any atom is 0.234 e. The van der Waals surface area contributed by atoms with E-state index in [0.717, 1.165) is 5.16 Å². The van der Waals surface area contributed by atoms with Crippen LogP contribution in [0.2, 0.25) is 20.1 Å². The number of aromatic nitrogens is 2. The molecular formula is C12H9Cl4N3OS. The minimum Gasteiger partial charge on any atom is -0.329 e. The fourth-order valence-electron chi connectivity index (χ4n) is 1.48. The molecule has 0 bridgehead atoms. The van der Waals surface area contributed by atoms with Crippen molar-refractivity contribution < 1.29 is 4.79 Å². The molecule has 0 saturated carbocycles. The molecule has 2 rings (SSSR count). The van der Waals surface area contributed by atoms with Gasteiger partial charge in [-0.2, -0.15) is 0 Å². The van der Waals surface area contributed by atoms with E-state index in [-0.39, 0.29) is 37.4 Å². The van der Waals surface area contributed by atoms with Crippen LogP contribution < -0.4 is 5.32 Å². The first-order valence-corrected chi connectivity index (χ1v) is 8.13. The van der Waals surface area contributed by atoms with E-state index < -0.39 is 0 Å². The highest BCUT2D eigenvalue weighted by Crippen LogP contribution is 2.41. The van der Waals surface area contributed by atoms with Crippen LogP contribution in [0, 0.1) is 0 Å². The van der Waals surface area contributed by atoms with Crippen molar-refractivity contribution in [1.29, 1.82) is 0 Å². The van der Waals surface area contributed by atoms with Gasteiger partial charge in [0, 0.05) is 19.4 Å². The summed E-state index contributed by atoms with van der Waals surface area (Å²) in [5.41, 5.74) is 0.210. The van der Waals surface area contributed by atoms with E-state index in [0.29, 0.717) is 0 Å². The minimum atomic E-state index is -0.287. The summed E-state index contributed by atoms with van der Waals surface area (Å²) >= 11 is 25.2. The van der Waals surface area contributed by atoms with E-state index in [4.69, 9.17) is 46.4 Å². The normalized spacial score (nSPS) is 10.7. The third-order valence-corrected chi connectivity index (χ3v) is 5.12. The Morgan fingerprint density at radius 2 is 1.90 bits per heavy atom. The summed E-state index contributed by atoms with van der Waals surface area (Å²) in [6, 6.07) is 1.42. The smallest absolute Gasteiger partial charge is 0.234 e. The predicted molar refractivity (Wildman–Crippen MR) is 89.0 cm³/mol. The quantitative estimate of drug-likeness (QED) is 0.610. The van der Waals surface area contributed by atoms with Gasteiger partial charge in [0.1, 0.15) is 0 Å². The number of nitrogens with zero attached hydrogens (tertiary/aromatic N) is 2. The molecule has 1 aromatic carbocycles. The van der Waals surface area contributed by atoms with Crippen LogP contribution in [0.3, 0.4) is 0 Å². The van der Waals surface area contributed by atoms with Gasteiger partial charge in [-0.05, 0) is 6.07 Å². The van der Waals surface area contributed by atoms with E-state index in [1.54, 1.807) is 12.4 Å². The molecule has 112 valence electrons. The topological polar surface area (TPSA) is 46.9 Å². The lowest BCUT2D eigenvalue weighted by Crippen LogP contribution is -2.15. The zero-order valence-corrected chi connectivity index (χ0v) is 14.5. The largest absolute Gasteiger partial charge is 0.329 e. The zero-order chi connectivity index (χ0) is 15.6. The fraction of sp³-hybridized carbons (Fsp3) is 0.167. The highest BCUT2D eigenvalue weighted by atomic mass is 35.5. The SMILES string of the molecule is Cn1ccnc1SCC(=O)Nc1c(Cl)c(Cl)cc(Cl)c1Cl. The first-order chi connectivity index (χ1) is 9.90. The molecule has 1 aromatic heterocycles. The Labute approximate surface area is 145 Å². The molecule has 0 radical (unpaired) electrons. The number of anilines is 1. The van der Waals surface area contributed by atoms with Crippen LogP contribution in [0.5, 0.6) is 0 Å². The Hall–Kier alpha value is -0.590. The summed E-state index contributed by atoms with van der Waals surface area (Å²) in [5.74, 6) is -0.133. The van der Waals surface area contributed by atoms with Crippen molar-refractivity contribution in [1.82, 2.24) is 9.55 Å². The van der Waals surface area contributed by atoms with Gasteiger partial charge in [-0.1, -0.05) is 58.2 Å². The van der Waals surface area contributed by atoms with Gasteiger partial charge in [0.05, 0.1) is 31.5 Å². The molecule has 0 saturated heterocycles. The summed E-state index contributed by atoms with van der Waals surface area (Å²) in [6.45, 7) is 0. The average molecular weight is 385 g/mol. The Balaban J connectivity index is 2.08. The molecule has 1 N–H and O–H groups in total. The van der Waals surface area contributed by atoms with Gasteiger partial charge in [-0.3, -0.25) is 4.79 Å². The summed E-state index contributed by atoms with van der Waals surface area (Å²) < 4.78 is 1.81. The maximum atomic E-state index is 12.0. The fourth-order valence-corrected chi connectivity index (χ4v) is 3.12. The molecule has 0 aliphatic rings. The van der Waals surface area contributed by atoms with Crippen molar-refractivity contribution >= 4 is 69.8 Å². The second-order valence-electron chi connectivity index (χ2n) is 4.00.